The normalized spacial score (nSPS) is 10.9. The van der Waals surface area contributed by atoms with Crippen LogP contribution in [-0.4, -0.2) is 9.91 Å². The monoisotopic (exact) mass is 332 g/mol. The minimum atomic E-state index is -0.453. The average Bonchev–Trinajstić information content (AvgIpc) is 2.84. The molecule has 0 N–H and O–H groups in total. The van der Waals surface area contributed by atoms with Crippen molar-refractivity contribution < 1.29 is 9.34 Å². The predicted octanol–water partition coefficient (Wildman–Crippen LogP) is 4.47. The molecule has 6 heteroatoms. The fourth-order valence-corrected chi connectivity index (χ4v) is 2.17. The van der Waals surface area contributed by atoms with E-state index in [1.807, 2.05) is 25.1 Å². The van der Waals surface area contributed by atoms with Crippen molar-refractivity contribution in [3.63, 3.8) is 0 Å². The molecule has 0 saturated heterocycles. The number of halogens is 1. The molecule has 5 nitrogen and oxygen atoms in total. The number of non-ortho nitro benzene ring substituents is 1. The van der Waals surface area contributed by atoms with Gasteiger partial charge in [0.05, 0.1) is 11.0 Å². The second-order valence-electron chi connectivity index (χ2n) is 4.39. The number of nitro benzene ring substituents is 1. The lowest BCUT2D eigenvalue weighted by molar-refractivity contribution is -0.384. The summed E-state index contributed by atoms with van der Waals surface area (Å²) in [6.07, 6.45) is 0. The zero-order chi connectivity index (χ0) is 14.3. The highest BCUT2D eigenvalue weighted by molar-refractivity contribution is 9.10. The van der Waals surface area contributed by atoms with Gasteiger partial charge in [-0.2, -0.15) is 0 Å². The van der Waals surface area contributed by atoms with Crippen LogP contribution in [0.4, 0.5) is 5.69 Å². The van der Waals surface area contributed by atoms with Gasteiger partial charge in [0.25, 0.3) is 5.69 Å². The molecule has 0 radical (unpaired) electrons. The standard InChI is InChI=1S/C14H9BrN2O3/c1-8-6-9(2-4-11(8)15)14-16-12-5-3-10(17(18)19)7-13(12)20-14/h2-7H,1H3. The Morgan fingerprint density at radius 2 is 2.05 bits per heavy atom. The van der Waals surface area contributed by atoms with Crippen molar-refractivity contribution in [2.75, 3.05) is 0 Å². The predicted molar refractivity (Wildman–Crippen MR) is 78.5 cm³/mol. The third-order valence-corrected chi connectivity index (χ3v) is 3.88. The summed E-state index contributed by atoms with van der Waals surface area (Å²) in [6, 6.07) is 10.1. The van der Waals surface area contributed by atoms with Gasteiger partial charge in [0.2, 0.25) is 5.89 Å². The molecule has 0 unspecified atom stereocenters. The van der Waals surface area contributed by atoms with Gasteiger partial charge in [0.15, 0.2) is 5.58 Å². The van der Waals surface area contributed by atoms with Crippen molar-refractivity contribution in [1.82, 2.24) is 4.98 Å². The first-order valence-electron chi connectivity index (χ1n) is 5.86. The van der Waals surface area contributed by atoms with Crippen molar-refractivity contribution in [1.29, 1.82) is 0 Å². The van der Waals surface area contributed by atoms with Gasteiger partial charge in [-0.05, 0) is 36.8 Å². The van der Waals surface area contributed by atoms with Crippen LogP contribution in [0.15, 0.2) is 45.3 Å². The van der Waals surface area contributed by atoms with E-state index in [1.165, 1.54) is 12.1 Å². The minimum Gasteiger partial charge on any atom is -0.436 e. The van der Waals surface area contributed by atoms with Crippen LogP contribution >= 0.6 is 15.9 Å². The highest BCUT2D eigenvalue weighted by Gasteiger charge is 2.13. The molecule has 1 heterocycles. The van der Waals surface area contributed by atoms with E-state index in [9.17, 15) is 10.1 Å². The van der Waals surface area contributed by atoms with E-state index < -0.39 is 4.92 Å². The molecule has 0 aliphatic rings. The largest absolute Gasteiger partial charge is 0.436 e. The van der Waals surface area contributed by atoms with Gasteiger partial charge < -0.3 is 4.42 Å². The molecular formula is C14H9BrN2O3. The molecule has 0 atom stereocenters. The third kappa shape index (κ3) is 2.18. The van der Waals surface area contributed by atoms with E-state index in [2.05, 4.69) is 20.9 Å². The maximum absolute atomic E-state index is 10.7. The van der Waals surface area contributed by atoms with Crippen LogP contribution in [-0.2, 0) is 0 Å². The van der Waals surface area contributed by atoms with Crippen molar-refractivity contribution in [3.8, 4) is 11.5 Å². The molecule has 1 aromatic heterocycles. The van der Waals surface area contributed by atoms with Gasteiger partial charge in [0.1, 0.15) is 5.52 Å². The van der Waals surface area contributed by atoms with Crippen molar-refractivity contribution in [3.05, 3.63) is 56.5 Å². The second kappa shape index (κ2) is 4.72. The summed E-state index contributed by atoms with van der Waals surface area (Å²) in [5.41, 5.74) is 2.91. The molecular weight excluding hydrogens is 324 g/mol. The summed E-state index contributed by atoms with van der Waals surface area (Å²) < 4.78 is 6.62. The van der Waals surface area contributed by atoms with Crippen LogP contribution in [0.5, 0.6) is 0 Å². The van der Waals surface area contributed by atoms with Crippen LogP contribution < -0.4 is 0 Å². The van der Waals surface area contributed by atoms with E-state index in [0.717, 1.165) is 15.6 Å². The zero-order valence-electron chi connectivity index (χ0n) is 10.5. The van der Waals surface area contributed by atoms with E-state index in [0.29, 0.717) is 17.0 Å². The average molecular weight is 333 g/mol. The van der Waals surface area contributed by atoms with Crippen LogP contribution in [0.2, 0.25) is 0 Å². The summed E-state index contributed by atoms with van der Waals surface area (Å²) in [6.45, 7) is 1.97. The second-order valence-corrected chi connectivity index (χ2v) is 5.25. The number of hydrogen-bond acceptors (Lipinski definition) is 4. The number of nitro groups is 1. The van der Waals surface area contributed by atoms with Gasteiger partial charge in [-0.3, -0.25) is 10.1 Å². The molecule has 0 saturated carbocycles. The highest BCUT2D eigenvalue weighted by Crippen LogP contribution is 2.29. The Hall–Kier alpha value is -2.21. The van der Waals surface area contributed by atoms with Gasteiger partial charge in [-0.25, -0.2) is 4.98 Å². The number of aryl methyl sites for hydroxylation is 1. The molecule has 0 amide bonds. The summed E-state index contributed by atoms with van der Waals surface area (Å²) >= 11 is 3.44. The molecule has 0 fully saturated rings. The van der Waals surface area contributed by atoms with Gasteiger partial charge in [0, 0.05) is 16.1 Å². The molecule has 20 heavy (non-hydrogen) atoms. The first-order chi connectivity index (χ1) is 9.54. The smallest absolute Gasteiger partial charge is 0.273 e. The van der Waals surface area contributed by atoms with E-state index in [4.69, 9.17) is 4.42 Å². The fourth-order valence-electron chi connectivity index (χ4n) is 1.93. The third-order valence-electron chi connectivity index (χ3n) is 2.99. The lowest BCUT2D eigenvalue weighted by atomic mass is 10.1. The number of fused-ring (bicyclic) bond motifs is 1. The van der Waals surface area contributed by atoms with Crippen molar-refractivity contribution >= 4 is 32.7 Å². The Morgan fingerprint density at radius 1 is 1.25 bits per heavy atom. The Bertz CT molecular complexity index is 826. The number of benzene rings is 2. The maximum atomic E-state index is 10.7. The van der Waals surface area contributed by atoms with Gasteiger partial charge in [-0.1, -0.05) is 15.9 Å². The molecule has 100 valence electrons. The molecule has 0 bridgehead atoms. The maximum Gasteiger partial charge on any atom is 0.273 e. The fraction of sp³-hybridized carbons (Fsp3) is 0.0714. The Morgan fingerprint density at radius 3 is 2.75 bits per heavy atom. The minimum absolute atomic E-state index is 0.00723. The Labute approximate surface area is 122 Å². The SMILES string of the molecule is Cc1cc(-c2nc3ccc([N+](=O)[O-])cc3o2)ccc1Br. The number of hydrogen-bond donors (Lipinski definition) is 0. The number of nitrogens with zero attached hydrogens (tertiary/aromatic N) is 2. The first kappa shape index (κ1) is 12.8. The number of rotatable bonds is 2. The lowest BCUT2D eigenvalue weighted by Crippen LogP contribution is -1.86. The van der Waals surface area contributed by atoms with E-state index >= 15 is 0 Å². The quantitative estimate of drug-likeness (QED) is 0.512. The molecule has 0 aliphatic carbocycles. The topological polar surface area (TPSA) is 69.2 Å². The van der Waals surface area contributed by atoms with Crippen molar-refractivity contribution in [2.24, 2.45) is 0 Å². The molecule has 0 aliphatic heterocycles. The summed E-state index contributed by atoms with van der Waals surface area (Å²) in [7, 11) is 0. The first-order valence-corrected chi connectivity index (χ1v) is 6.65. The summed E-state index contributed by atoms with van der Waals surface area (Å²) in [5, 5.41) is 10.7. The highest BCUT2D eigenvalue weighted by atomic mass is 79.9. The van der Waals surface area contributed by atoms with Crippen LogP contribution in [0, 0.1) is 17.0 Å². The van der Waals surface area contributed by atoms with Gasteiger partial charge in [-0.15, -0.1) is 0 Å². The summed E-state index contributed by atoms with van der Waals surface area (Å²) in [4.78, 5) is 14.6. The zero-order valence-corrected chi connectivity index (χ0v) is 12.0. The van der Waals surface area contributed by atoms with E-state index in [1.54, 1.807) is 6.07 Å². The molecule has 2 aromatic carbocycles. The van der Waals surface area contributed by atoms with Crippen molar-refractivity contribution in [2.45, 2.75) is 6.92 Å². The number of oxazole rings is 1. The van der Waals surface area contributed by atoms with Crippen LogP contribution in [0.1, 0.15) is 5.56 Å². The molecule has 0 spiro atoms. The van der Waals surface area contributed by atoms with Crippen LogP contribution in [0.25, 0.3) is 22.6 Å². The Kier molecular flexibility index (Phi) is 3.02. The number of aromatic nitrogens is 1. The lowest BCUT2D eigenvalue weighted by Gasteiger charge is -1.99. The van der Waals surface area contributed by atoms with Gasteiger partial charge >= 0.3 is 0 Å². The van der Waals surface area contributed by atoms with E-state index in [-0.39, 0.29) is 5.69 Å². The van der Waals surface area contributed by atoms with Crippen LogP contribution in [0.3, 0.4) is 0 Å². The summed E-state index contributed by atoms with van der Waals surface area (Å²) in [5.74, 6) is 0.455. The molecule has 3 aromatic rings. The Balaban J connectivity index is 2.12. The molecule has 3 rings (SSSR count).